The van der Waals surface area contributed by atoms with Gasteiger partial charge in [-0.05, 0) is 19.1 Å². The number of hydrogen-bond donors (Lipinski definition) is 2. The van der Waals surface area contributed by atoms with Gasteiger partial charge in [-0.1, -0.05) is 6.07 Å². The average Bonchev–Trinajstić information content (AvgIpc) is 2.86. The molecule has 0 spiro atoms. The Balaban J connectivity index is 2.08. The first kappa shape index (κ1) is 14.0. The van der Waals surface area contributed by atoms with Crippen LogP contribution in [-0.2, 0) is 6.54 Å². The molecule has 0 fully saturated rings. The van der Waals surface area contributed by atoms with Crippen molar-refractivity contribution in [2.24, 2.45) is 5.73 Å². The van der Waals surface area contributed by atoms with Gasteiger partial charge in [0.05, 0.1) is 10.5 Å². The van der Waals surface area contributed by atoms with E-state index in [-0.39, 0.29) is 5.69 Å². The Hall–Kier alpha value is -2.41. The topological polar surface area (TPSA) is 98.3 Å². The summed E-state index contributed by atoms with van der Waals surface area (Å²) in [5, 5.41) is 15.6. The molecule has 0 atom stereocenters. The summed E-state index contributed by atoms with van der Waals surface area (Å²) in [6.07, 6.45) is 0. The molecule has 6 nitrogen and oxygen atoms in total. The minimum absolute atomic E-state index is 0.0824. The zero-order chi connectivity index (χ0) is 14.7. The molecule has 1 amide bonds. The average molecular weight is 291 g/mol. The lowest BCUT2D eigenvalue weighted by Crippen LogP contribution is -2.09. The molecule has 1 heterocycles. The van der Waals surface area contributed by atoms with E-state index in [4.69, 9.17) is 5.73 Å². The van der Waals surface area contributed by atoms with Gasteiger partial charge < -0.3 is 11.1 Å². The van der Waals surface area contributed by atoms with Crippen LogP contribution >= 0.6 is 11.3 Å². The molecule has 0 unspecified atom stereocenters. The third kappa shape index (κ3) is 3.12. The van der Waals surface area contributed by atoms with Crippen molar-refractivity contribution < 1.29 is 9.72 Å². The number of hydrogen-bond acceptors (Lipinski definition) is 5. The number of nitrogens with two attached hydrogens (primary N) is 1. The van der Waals surface area contributed by atoms with Gasteiger partial charge in [0.2, 0.25) is 5.91 Å². The predicted octanol–water partition coefficient (Wildman–Crippen LogP) is 2.68. The number of aryl methyl sites for hydroxylation is 1. The predicted molar refractivity (Wildman–Crippen MR) is 78.0 cm³/mol. The fourth-order valence-corrected chi connectivity index (χ4v) is 2.52. The highest BCUT2D eigenvalue weighted by Gasteiger charge is 2.11. The Morgan fingerprint density at radius 1 is 1.45 bits per heavy atom. The van der Waals surface area contributed by atoms with E-state index >= 15 is 0 Å². The molecule has 2 rings (SSSR count). The van der Waals surface area contributed by atoms with Crippen molar-refractivity contribution in [3.8, 4) is 0 Å². The number of thiophene rings is 1. The van der Waals surface area contributed by atoms with Crippen molar-refractivity contribution in [1.29, 1.82) is 0 Å². The highest BCUT2D eigenvalue weighted by molar-refractivity contribution is 7.10. The van der Waals surface area contributed by atoms with Gasteiger partial charge in [-0.2, -0.15) is 0 Å². The van der Waals surface area contributed by atoms with Crippen LogP contribution in [0.1, 0.15) is 20.8 Å². The molecule has 2 aromatic rings. The lowest BCUT2D eigenvalue weighted by molar-refractivity contribution is -0.385. The smallest absolute Gasteiger partial charge is 0.274 e. The molecule has 0 radical (unpaired) electrons. The molecular weight excluding hydrogens is 278 g/mol. The number of benzene rings is 1. The number of primary amides is 1. The zero-order valence-electron chi connectivity index (χ0n) is 10.8. The summed E-state index contributed by atoms with van der Waals surface area (Å²) in [5.74, 6) is -0.460. The molecule has 0 aliphatic carbocycles. The van der Waals surface area contributed by atoms with Crippen molar-refractivity contribution in [3.63, 3.8) is 0 Å². The summed E-state index contributed by atoms with van der Waals surface area (Å²) < 4.78 is 0. The molecule has 104 valence electrons. The Labute approximate surface area is 119 Å². The van der Waals surface area contributed by atoms with Gasteiger partial charge in [0, 0.05) is 34.1 Å². The third-order valence-electron chi connectivity index (χ3n) is 2.81. The van der Waals surface area contributed by atoms with Gasteiger partial charge in [-0.15, -0.1) is 11.3 Å². The molecular formula is C13H13N3O3S. The van der Waals surface area contributed by atoms with Crippen molar-refractivity contribution in [1.82, 2.24) is 0 Å². The van der Waals surface area contributed by atoms with E-state index in [0.717, 1.165) is 4.88 Å². The van der Waals surface area contributed by atoms with Crippen LogP contribution in [-0.4, -0.2) is 10.8 Å². The number of nitrogens with zero attached hydrogens (tertiary/aromatic N) is 1. The van der Waals surface area contributed by atoms with Crippen LogP contribution in [0.2, 0.25) is 0 Å². The number of carbonyl (C=O) groups is 1. The third-order valence-corrected chi connectivity index (χ3v) is 3.75. The largest absolute Gasteiger partial charge is 0.380 e. The Kier molecular flexibility index (Phi) is 3.99. The fraction of sp³-hybridized carbons (Fsp3) is 0.154. The summed E-state index contributed by atoms with van der Waals surface area (Å²) in [4.78, 5) is 22.4. The molecule has 3 N–H and O–H groups in total. The number of carbonyl (C=O) groups excluding carboxylic acids is 1. The molecule has 1 aromatic heterocycles. The first-order valence-electron chi connectivity index (χ1n) is 5.83. The van der Waals surface area contributed by atoms with Crippen molar-refractivity contribution in [2.45, 2.75) is 13.5 Å². The fourth-order valence-electron chi connectivity index (χ4n) is 1.71. The standard InChI is InChI=1S/C13H13N3O3S/c1-8-2-3-10(5-12(8)16(18)19)15-6-11-4-9(7-20-11)13(14)17/h2-5,7,15H,6H2,1H3,(H2,14,17). The highest BCUT2D eigenvalue weighted by Crippen LogP contribution is 2.23. The van der Waals surface area contributed by atoms with Gasteiger partial charge in [0.15, 0.2) is 0 Å². The summed E-state index contributed by atoms with van der Waals surface area (Å²) in [6.45, 7) is 2.18. The van der Waals surface area contributed by atoms with Gasteiger partial charge in [0.25, 0.3) is 5.69 Å². The lowest BCUT2D eigenvalue weighted by atomic mass is 10.2. The van der Waals surface area contributed by atoms with E-state index in [0.29, 0.717) is 23.4 Å². The van der Waals surface area contributed by atoms with E-state index in [1.54, 1.807) is 30.5 Å². The van der Waals surface area contributed by atoms with E-state index < -0.39 is 10.8 Å². The lowest BCUT2D eigenvalue weighted by Gasteiger charge is -2.05. The van der Waals surface area contributed by atoms with Crippen LogP contribution in [0, 0.1) is 17.0 Å². The minimum atomic E-state index is -0.460. The molecule has 0 saturated heterocycles. The molecule has 7 heteroatoms. The number of anilines is 1. The normalized spacial score (nSPS) is 10.2. The van der Waals surface area contributed by atoms with Crippen LogP contribution in [0.15, 0.2) is 29.6 Å². The van der Waals surface area contributed by atoms with Crippen molar-refractivity contribution >= 4 is 28.6 Å². The number of nitro groups is 1. The molecule has 20 heavy (non-hydrogen) atoms. The molecule has 0 aliphatic heterocycles. The maximum absolute atomic E-state index is 11.0. The van der Waals surface area contributed by atoms with Crippen LogP contribution in [0.5, 0.6) is 0 Å². The molecule has 0 bridgehead atoms. The molecule has 1 aromatic carbocycles. The highest BCUT2D eigenvalue weighted by atomic mass is 32.1. The van der Waals surface area contributed by atoms with Crippen molar-refractivity contribution in [2.75, 3.05) is 5.32 Å². The van der Waals surface area contributed by atoms with E-state index in [9.17, 15) is 14.9 Å². The van der Waals surface area contributed by atoms with E-state index in [2.05, 4.69) is 5.32 Å². The molecule has 0 aliphatic rings. The minimum Gasteiger partial charge on any atom is -0.380 e. The van der Waals surface area contributed by atoms with Crippen LogP contribution in [0.25, 0.3) is 0 Å². The molecule has 0 saturated carbocycles. The van der Waals surface area contributed by atoms with Gasteiger partial charge in [-0.3, -0.25) is 14.9 Å². The summed E-state index contributed by atoms with van der Waals surface area (Å²) in [7, 11) is 0. The second-order valence-corrected chi connectivity index (χ2v) is 5.27. The first-order chi connectivity index (χ1) is 9.47. The second-order valence-electron chi connectivity index (χ2n) is 4.28. The maximum Gasteiger partial charge on any atom is 0.274 e. The second kappa shape index (κ2) is 5.70. The van der Waals surface area contributed by atoms with Crippen LogP contribution in [0.3, 0.4) is 0 Å². The SMILES string of the molecule is Cc1ccc(NCc2cc(C(N)=O)cs2)cc1[N+](=O)[O-]. The monoisotopic (exact) mass is 291 g/mol. The van der Waals surface area contributed by atoms with Crippen molar-refractivity contribution in [3.05, 3.63) is 55.8 Å². The quantitative estimate of drug-likeness (QED) is 0.653. The summed E-state index contributed by atoms with van der Waals surface area (Å²) in [5.41, 5.74) is 7.01. The maximum atomic E-state index is 11.0. The van der Waals surface area contributed by atoms with Crippen LogP contribution in [0.4, 0.5) is 11.4 Å². The van der Waals surface area contributed by atoms with Gasteiger partial charge >= 0.3 is 0 Å². The first-order valence-corrected chi connectivity index (χ1v) is 6.71. The van der Waals surface area contributed by atoms with Gasteiger partial charge in [0.1, 0.15) is 0 Å². The number of nitro benzene ring substituents is 1. The Morgan fingerprint density at radius 3 is 2.80 bits per heavy atom. The Bertz CT molecular complexity index is 667. The van der Waals surface area contributed by atoms with Gasteiger partial charge in [-0.25, -0.2) is 0 Å². The summed E-state index contributed by atoms with van der Waals surface area (Å²) >= 11 is 1.41. The Morgan fingerprint density at radius 2 is 2.20 bits per heavy atom. The zero-order valence-corrected chi connectivity index (χ0v) is 11.6. The van der Waals surface area contributed by atoms with E-state index in [1.165, 1.54) is 17.4 Å². The number of rotatable bonds is 5. The summed E-state index contributed by atoms with van der Waals surface area (Å²) in [6, 6.07) is 6.69. The van der Waals surface area contributed by atoms with E-state index in [1.807, 2.05) is 0 Å². The van der Waals surface area contributed by atoms with Crippen LogP contribution < -0.4 is 11.1 Å². The number of nitrogens with one attached hydrogen (secondary N) is 1. The number of amides is 1.